The molecule has 13 heavy (non-hydrogen) atoms. The molecule has 0 aliphatic carbocycles. The molecule has 0 fully saturated rings. The molecule has 2 aromatic rings. The molecule has 0 saturated heterocycles. The maximum Gasteiger partial charge on any atom is 0.413 e. The predicted octanol–water partition coefficient (Wildman–Crippen LogP) is -0.969. The van der Waals surface area contributed by atoms with Gasteiger partial charge in [0.25, 0.3) is 0 Å². The lowest BCUT2D eigenvalue weighted by Gasteiger charge is -2.16. The van der Waals surface area contributed by atoms with Crippen LogP contribution in [0.15, 0.2) is 24.9 Å². The summed E-state index contributed by atoms with van der Waals surface area (Å²) < 4.78 is 7.30. The fourth-order valence-corrected chi connectivity index (χ4v) is 1.38. The van der Waals surface area contributed by atoms with Crippen LogP contribution < -0.4 is 10.4 Å². The van der Waals surface area contributed by atoms with Crippen LogP contribution in [0.3, 0.4) is 0 Å². The van der Waals surface area contributed by atoms with Crippen LogP contribution >= 0.6 is 0 Å². The summed E-state index contributed by atoms with van der Waals surface area (Å²) in [5.74, 6) is 0.612. The minimum atomic E-state index is 0.469. The van der Waals surface area contributed by atoms with Crippen LogP contribution in [0.1, 0.15) is 0 Å². The highest BCUT2D eigenvalue weighted by molar-refractivity contribution is 6.46. The molecule has 3 heterocycles. The van der Waals surface area contributed by atoms with Gasteiger partial charge in [0, 0.05) is 12.4 Å². The summed E-state index contributed by atoms with van der Waals surface area (Å²) >= 11 is 0. The molecule has 0 spiro atoms. The van der Waals surface area contributed by atoms with Gasteiger partial charge in [0.05, 0.1) is 6.20 Å². The minimum Gasteiger partial charge on any atom is -0.541 e. The molecule has 5 nitrogen and oxygen atoms in total. The second-order valence-corrected chi connectivity index (χ2v) is 2.72. The zero-order valence-electron chi connectivity index (χ0n) is 6.71. The van der Waals surface area contributed by atoms with Crippen molar-refractivity contribution in [3.8, 4) is 11.6 Å². The first kappa shape index (κ1) is 6.65. The van der Waals surface area contributed by atoms with Gasteiger partial charge in [-0.2, -0.15) is 0 Å². The summed E-state index contributed by atoms with van der Waals surface area (Å²) in [7, 11) is 0.469. The predicted molar refractivity (Wildman–Crippen MR) is 46.6 cm³/mol. The summed E-state index contributed by atoms with van der Waals surface area (Å²) in [6, 6.07) is 0. The number of aromatic nitrogens is 4. The lowest BCUT2D eigenvalue weighted by atomic mass is 9.99. The molecule has 0 atom stereocenters. The molecule has 1 aliphatic heterocycles. The van der Waals surface area contributed by atoms with E-state index in [1.54, 1.807) is 12.4 Å². The van der Waals surface area contributed by atoms with Crippen molar-refractivity contribution in [3.63, 3.8) is 0 Å². The van der Waals surface area contributed by atoms with Gasteiger partial charge < -0.3 is 9.22 Å². The number of hydrogen-bond acceptors (Lipinski definition) is 4. The Morgan fingerprint density at radius 1 is 1.38 bits per heavy atom. The Morgan fingerprint density at radius 3 is 3.38 bits per heavy atom. The Hall–Kier alpha value is -1.85. The maximum atomic E-state index is 5.37. The number of fused-ring (bicyclic) bond motifs is 3. The number of imidazole rings is 1. The Kier molecular flexibility index (Phi) is 1.19. The van der Waals surface area contributed by atoms with Gasteiger partial charge in [0.2, 0.25) is 5.88 Å². The number of rotatable bonds is 0. The van der Waals surface area contributed by atoms with E-state index in [4.69, 9.17) is 4.65 Å². The van der Waals surface area contributed by atoms with Gasteiger partial charge in [-0.05, 0) is 0 Å². The average molecular weight is 172 g/mol. The highest BCUT2D eigenvalue weighted by atomic mass is 16.4. The summed E-state index contributed by atoms with van der Waals surface area (Å²) in [6.45, 7) is 0. The summed E-state index contributed by atoms with van der Waals surface area (Å²) in [6.07, 6.45) is 6.80. The largest absolute Gasteiger partial charge is 0.541 e. The monoisotopic (exact) mass is 172 g/mol. The van der Waals surface area contributed by atoms with Crippen molar-refractivity contribution >= 4 is 13.2 Å². The van der Waals surface area contributed by atoms with Crippen LogP contribution in [0.5, 0.6) is 5.88 Å². The highest BCUT2D eigenvalue weighted by Crippen LogP contribution is 2.19. The van der Waals surface area contributed by atoms with E-state index in [0.29, 0.717) is 13.4 Å². The van der Waals surface area contributed by atoms with E-state index in [2.05, 4.69) is 15.0 Å². The lowest BCUT2D eigenvalue weighted by Crippen LogP contribution is -2.34. The standard InChI is InChI=1S/C7H5BN4O/c1-2-12-5-3-9-4-11-6(5)13-8-7(12)10-1/h1-4,8H. The van der Waals surface area contributed by atoms with E-state index in [1.165, 1.54) is 6.33 Å². The topological polar surface area (TPSA) is 52.8 Å². The van der Waals surface area contributed by atoms with Crippen molar-refractivity contribution < 1.29 is 4.65 Å². The van der Waals surface area contributed by atoms with Crippen LogP contribution in [0.25, 0.3) is 5.69 Å². The van der Waals surface area contributed by atoms with Gasteiger partial charge >= 0.3 is 7.48 Å². The van der Waals surface area contributed by atoms with E-state index in [-0.39, 0.29) is 0 Å². The van der Waals surface area contributed by atoms with Crippen LogP contribution in [-0.2, 0) is 0 Å². The molecular formula is C7H5BN4O. The molecule has 62 valence electrons. The molecule has 0 aromatic carbocycles. The lowest BCUT2D eigenvalue weighted by molar-refractivity contribution is 0.557. The first-order chi connectivity index (χ1) is 6.45. The highest BCUT2D eigenvalue weighted by Gasteiger charge is 2.19. The van der Waals surface area contributed by atoms with Gasteiger partial charge in [0.15, 0.2) is 0 Å². The Labute approximate surface area is 74.7 Å². The fourth-order valence-electron chi connectivity index (χ4n) is 1.38. The smallest absolute Gasteiger partial charge is 0.413 e. The van der Waals surface area contributed by atoms with Crippen molar-refractivity contribution in [3.05, 3.63) is 24.9 Å². The molecule has 0 bridgehead atoms. The third kappa shape index (κ3) is 0.852. The zero-order chi connectivity index (χ0) is 8.67. The van der Waals surface area contributed by atoms with Gasteiger partial charge in [-0.25, -0.2) is 15.0 Å². The van der Waals surface area contributed by atoms with Crippen molar-refractivity contribution in [2.24, 2.45) is 0 Å². The molecule has 0 radical (unpaired) electrons. The molecule has 3 rings (SSSR count). The summed E-state index contributed by atoms with van der Waals surface area (Å²) in [5.41, 5.74) is 1.73. The summed E-state index contributed by atoms with van der Waals surface area (Å²) in [5, 5.41) is 0. The van der Waals surface area contributed by atoms with Crippen molar-refractivity contribution in [2.45, 2.75) is 0 Å². The molecule has 0 amide bonds. The van der Waals surface area contributed by atoms with E-state index in [9.17, 15) is 0 Å². The molecule has 0 unspecified atom stereocenters. The summed E-state index contributed by atoms with van der Waals surface area (Å²) in [4.78, 5) is 12.1. The third-order valence-corrected chi connectivity index (χ3v) is 1.97. The molecule has 0 saturated carbocycles. The van der Waals surface area contributed by atoms with Crippen molar-refractivity contribution in [2.75, 3.05) is 0 Å². The zero-order valence-corrected chi connectivity index (χ0v) is 6.71. The molecule has 0 N–H and O–H groups in total. The number of nitrogens with zero attached hydrogens (tertiary/aromatic N) is 4. The molecule has 1 aliphatic rings. The quantitative estimate of drug-likeness (QED) is 0.479. The SMILES string of the molecule is B1Oc2ncncc2-n2ccnc21. The van der Waals surface area contributed by atoms with E-state index in [1.807, 2.05) is 10.8 Å². The van der Waals surface area contributed by atoms with Gasteiger partial charge in [0.1, 0.15) is 17.7 Å². The van der Waals surface area contributed by atoms with Crippen molar-refractivity contribution in [1.29, 1.82) is 0 Å². The number of hydrogen-bond donors (Lipinski definition) is 0. The average Bonchev–Trinajstić information content (AvgIpc) is 2.65. The molecule has 2 aromatic heterocycles. The Bertz CT molecular complexity index is 455. The van der Waals surface area contributed by atoms with E-state index >= 15 is 0 Å². The second kappa shape index (κ2) is 2.32. The van der Waals surface area contributed by atoms with Crippen LogP contribution in [0, 0.1) is 0 Å². The van der Waals surface area contributed by atoms with Crippen LogP contribution in [0.4, 0.5) is 0 Å². The Morgan fingerprint density at radius 2 is 2.38 bits per heavy atom. The van der Waals surface area contributed by atoms with Crippen molar-refractivity contribution in [1.82, 2.24) is 19.5 Å². The van der Waals surface area contributed by atoms with Gasteiger partial charge in [-0.1, -0.05) is 0 Å². The normalized spacial score (nSPS) is 12.3. The first-order valence-corrected chi connectivity index (χ1v) is 3.90. The van der Waals surface area contributed by atoms with E-state index in [0.717, 1.165) is 11.4 Å². The van der Waals surface area contributed by atoms with Crippen LogP contribution in [0.2, 0.25) is 0 Å². The molecule has 6 heteroatoms. The molecular weight excluding hydrogens is 167 g/mol. The van der Waals surface area contributed by atoms with Gasteiger partial charge in [-0.15, -0.1) is 0 Å². The van der Waals surface area contributed by atoms with Gasteiger partial charge in [-0.3, -0.25) is 0 Å². The Balaban J connectivity index is 2.30. The fraction of sp³-hybridized carbons (Fsp3) is 0. The van der Waals surface area contributed by atoms with Crippen LogP contribution in [-0.4, -0.2) is 27.0 Å². The third-order valence-electron chi connectivity index (χ3n) is 1.97. The van der Waals surface area contributed by atoms with E-state index < -0.39 is 0 Å². The second-order valence-electron chi connectivity index (χ2n) is 2.72. The maximum absolute atomic E-state index is 5.37. The minimum absolute atomic E-state index is 0.469. The first-order valence-electron chi connectivity index (χ1n) is 3.90.